The third-order valence-electron chi connectivity index (χ3n) is 0.407. The standard InChI is InChI=1S/C2H5OSe.K/c1-2-4-3;/h2H2,1H3;/q+1;-1. The van der Waals surface area contributed by atoms with Crippen LogP contribution in [-0.4, -0.2) is 49.9 Å². The molecule has 3 heteroatoms. The van der Waals surface area contributed by atoms with Crippen molar-refractivity contribution in [3.8, 4) is 0 Å². The maximum absolute atomic E-state index is 10.1. The van der Waals surface area contributed by atoms with Crippen LogP contribution in [0.1, 0.15) is 6.92 Å². The molecule has 0 spiro atoms. The van der Waals surface area contributed by atoms with E-state index in [2.05, 4.69) is 0 Å². The van der Waals surface area contributed by atoms with Gasteiger partial charge in [-0.2, -0.15) is 0 Å². The van der Waals surface area contributed by atoms with Crippen molar-refractivity contribution in [3.63, 3.8) is 0 Å². The molecule has 0 aliphatic carbocycles. The summed E-state index contributed by atoms with van der Waals surface area (Å²) in [6.45, 7) is 1.99. The minimum absolute atomic E-state index is 0.641. The van der Waals surface area contributed by atoms with Crippen molar-refractivity contribution in [2.24, 2.45) is 0 Å². The molecule has 0 rings (SSSR count). The Bertz CT molecular complexity index is 44.9. The van der Waals surface area contributed by atoms with E-state index in [0.717, 1.165) is 5.32 Å². The molecular weight excluding hydrogens is 158 g/mol. The van der Waals surface area contributed by atoms with Gasteiger partial charge < -0.3 is 0 Å². The molecule has 26 valence electrons. The molecule has 0 saturated heterocycles. The molecule has 0 aromatic rings. The van der Waals surface area contributed by atoms with Crippen LogP contribution in [0.25, 0.3) is 0 Å². The summed E-state index contributed by atoms with van der Waals surface area (Å²) in [6.07, 6.45) is 0. The first-order valence-electron chi connectivity index (χ1n) is 1.57. The molecule has 0 aliphatic rings. The van der Waals surface area contributed by atoms with E-state index in [1.807, 2.05) is 6.92 Å². The first-order chi connectivity index (χ1) is 2.27. The topological polar surface area (TPSA) is 17.1 Å². The van der Waals surface area contributed by atoms with E-state index < -0.39 is 4.48 Å². The van der Waals surface area contributed by atoms with Crippen molar-refractivity contribution in [1.82, 2.24) is 0 Å². The fraction of sp³-hybridized carbons (Fsp3) is 1.00. The number of hydrogen-bond acceptors (Lipinski definition) is 1. The summed E-state index contributed by atoms with van der Waals surface area (Å²) in [5.41, 5.74) is 0. The van der Waals surface area contributed by atoms with Crippen LogP contribution in [-0.2, 0) is 3.83 Å². The van der Waals surface area contributed by atoms with Gasteiger partial charge in [0, 0.05) is 0 Å². The Hall–Kier alpha value is 1.96. The van der Waals surface area contributed by atoms with Gasteiger partial charge >= 0.3 is 65.9 Å². The van der Waals surface area contributed by atoms with Crippen molar-refractivity contribution in [2.75, 3.05) is 0 Å². The second-order valence-corrected chi connectivity index (χ2v) is 11.9. The van der Waals surface area contributed by atoms with Gasteiger partial charge in [-0.05, 0) is 0 Å². The van der Waals surface area contributed by atoms with E-state index in [-0.39, 0.29) is 0 Å². The van der Waals surface area contributed by atoms with Crippen LogP contribution in [0.15, 0.2) is 0 Å². The average Bonchev–Trinajstić information content (AvgIpc) is 1.38. The SMILES string of the molecule is CC[Se](=O)[K]. The normalized spacial score (nSPS) is 15.0. The van der Waals surface area contributed by atoms with Crippen LogP contribution < -0.4 is 0 Å². The summed E-state index contributed by atoms with van der Waals surface area (Å²) in [5, 5.41) is 0.958. The maximum atomic E-state index is 10.1. The Labute approximate surface area is 64.3 Å². The molecule has 1 nitrogen and oxygen atoms in total. The minimum atomic E-state index is -1.11. The van der Waals surface area contributed by atoms with Crippen LogP contribution >= 0.6 is 0 Å². The molecule has 0 aliphatic heterocycles. The van der Waals surface area contributed by atoms with Gasteiger partial charge in [-0.3, -0.25) is 0 Å². The van der Waals surface area contributed by atoms with Gasteiger partial charge in [0.1, 0.15) is 0 Å². The Balaban J connectivity index is 2.85. The molecule has 0 bridgehead atoms. The van der Waals surface area contributed by atoms with Gasteiger partial charge in [-0.1, -0.05) is 0 Å². The van der Waals surface area contributed by atoms with Crippen LogP contribution in [0.5, 0.6) is 0 Å². The van der Waals surface area contributed by atoms with Gasteiger partial charge in [-0.25, -0.2) is 0 Å². The Morgan fingerprint density at radius 3 is 2.20 bits per heavy atom. The van der Waals surface area contributed by atoms with Crippen LogP contribution in [0.2, 0.25) is 5.32 Å². The van der Waals surface area contributed by atoms with Crippen LogP contribution in [0.3, 0.4) is 0 Å². The summed E-state index contributed by atoms with van der Waals surface area (Å²) >= 11 is 0.641. The predicted molar refractivity (Wildman–Crippen MR) is 22.7 cm³/mol. The number of hydrogen-bond donors (Lipinski definition) is 0. The quantitative estimate of drug-likeness (QED) is 0.501. The monoisotopic (exact) mass is 164 g/mol. The molecule has 5 heavy (non-hydrogen) atoms. The average molecular weight is 163 g/mol. The van der Waals surface area contributed by atoms with Gasteiger partial charge in [0.2, 0.25) is 0 Å². The molecule has 0 aromatic carbocycles. The molecule has 1 atom stereocenters. The summed E-state index contributed by atoms with van der Waals surface area (Å²) in [4.78, 5) is 0. The Kier molecular flexibility index (Phi) is 5.74. The molecule has 0 aromatic heterocycles. The Morgan fingerprint density at radius 1 is 2.00 bits per heavy atom. The molecular formula is C2H5KOSe. The van der Waals surface area contributed by atoms with E-state index >= 15 is 0 Å². The second-order valence-electron chi connectivity index (χ2n) is 0.862. The summed E-state index contributed by atoms with van der Waals surface area (Å²) in [6, 6.07) is 0. The fourth-order valence-electron chi connectivity index (χ4n) is 0. The predicted octanol–water partition coefficient (Wildman–Crippen LogP) is 0.0935. The van der Waals surface area contributed by atoms with E-state index in [0.29, 0.717) is 45.4 Å². The number of rotatable bonds is 1. The van der Waals surface area contributed by atoms with E-state index in [1.165, 1.54) is 0 Å². The van der Waals surface area contributed by atoms with E-state index in [1.54, 1.807) is 0 Å². The van der Waals surface area contributed by atoms with Gasteiger partial charge in [-0.15, -0.1) is 0 Å². The zero-order valence-electron chi connectivity index (χ0n) is 3.52. The van der Waals surface area contributed by atoms with E-state index in [4.69, 9.17) is 0 Å². The van der Waals surface area contributed by atoms with Crippen LogP contribution in [0, 0.1) is 0 Å². The first-order valence-corrected chi connectivity index (χ1v) is 11.8. The fourth-order valence-corrected chi connectivity index (χ4v) is 0. The molecule has 0 heterocycles. The molecule has 0 saturated carbocycles. The van der Waals surface area contributed by atoms with Crippen molar-refractivity contribution in [1.29, 1.82) is 0 Å². The summed E-state index contributed by atoms with van der Waals surface area (Å²) in [5.74, 6) is 0. The Morgan fingerprint density at radius 2 is 2.20 bits per heavy atom. The van der Waals surface area contributed by atoms with Gasteiger partial charge in [0.05, 0.1) is 0 Å². The van der Waals surface area contributed by atoms with Crippen molar-refractivity contribution < 1.29 is 3.83 Å². The molecule has 0 radical (unpaired) electrons. The molecule has 0 amide bonds. The molecule has 1 unspecified atom stereocenters. The summed E-state index contributed by atoms with van der Waals surface area (Å²) < 4.78 is 9.00. The van der Waals surface area contributed by atoms with Crippen molar-refractivity contribution in [3.05, 3.63) is 0 Å². The van der Waals surface area contributed by atoms with E-state index in [9.17, 15) is 3.83 Å². The first kappa shape index (κ1) is 6.96. The van der Waals surface area contributed by atoms with Gasteiger partial charge in [0.15, 0.2) is 0 Å². The van der Waals surface area contributed by atoms with Gasteiger partial charge in [0.25, 0.3) is 0 Å². The third-order valence-corrected chi connectivity index (χ3v) is 6.80. The van der Waals surface area contributed by atoms with Crippen molar-refractivity contribution >= 4 is 49.9 Å². The molecule has 0 fully saturated rings. The summed E-state index contributed by atoms with van der Waals surface area (Å²) in [7, 11) is 0. The zero-order chi connectivity index (χ0) is 4.28. The molecule has 0 N–H and O–H groups in total. The van der Waals surface area contributed by atoms with Crippen molar-refractivity contribution in [2.45, 2.75) is 12.2 Å². The zero-order valence-corrected chi connectivity index (χ0v) is 8.36. The second kappa shape index (κ2) is 4.12. The third kappa shape index (κ3) is 5.96. The van der Waals surface area contributed by atoms with Crippen LogP contribution in [0.4, 0.5) is 0 Å².